The number of amides is 1. The van der Waals surface area contributed by atoms with Crippen molar-refractivity contribution in [2.24, 2.45) is 0 Å². The largest absolute Gasteiger partial charge is 0.416 e. The molecule has 152 valence electrons. The molecule has 27 heavy (non-hydrogen) atoms. The van der Waals surface area contributed by atoms with Crippen molar-refractivity contribution in [1.82, 2.24) is 4.90 Å². The Morgan fingerprint density at radius 3 is 2.48 bits per heavy atom. The fraction of sp³-hybridized carbons (Fsp3) is 0.632. The van der Waals surface area contributed by atoms with Gasteiger partial charge in [0.1, 0.15) is 5.75 Å². The maximum atomic E-state index is 13.0. The van der Waals surface area contributed by atoms with Crippen molar-refractivity contribution in [3.63, 3.8) is 0 Å². The van der Waals surface area contributed by atoms with Crippen LogP contribution in [0.5, 0.6) is 0 Å². The number of sulfone groups is 1. The van der Waals surface area contributed by atoms with Crippen molar-refractivity contribution < 1.29 is 26.4 Å². The third-order valence-electron chi connectivity index (χ3n) is 4.74. The third kappa shape index (κ3) is 6.23. The molecule has 1 fully saturated rings. The summed E-state index contributed by atoms with van der Waals surface area (Å²) in [5, 5.41) is 0. The van der Waals surface area contributed by atoms with Gasteiger partial charge in [-0.05, 0) is 43.9 Å². The summed E-state index contributed by atoms with van der Waals surface area (Å²) in [4.78, 5) is 14.1. The highest BCUT2D eigenvalue weighted by Crippen LogP contribution is 2.36. The zero-order valence-electron chi connectivity index (χ0n) is 15.6. The highest BCUT2D eigenvalue weighted by Gasteiger charge is 2.38. The molecule has 1 atom stereocenters. The number of unbranched alkanes of at least 4 members (excludes halogenated alkanes) is 2. The molecule has 0 aliphatic heterocycles. The monoisotopic (exact) mass is 405 g/mol. The first-order valence-electron chi connectivity index (χ1n) is 9.24. The van der Waals surface area contributed by atoms with Gasteiger partial charge in [-0.1, -0.05) is 31.9 Å². The topological polar surface area (TPSA) is 54.5 Å². The quantitative estimate of drug-likeness (QED) is 0.574. The number of carbonyl (C=O) groups is 1. The van der Waals surface area contributed by atoms with E-state index in [-0.39, 0.29) is 11.8 Å². The number of alkyl halides is 3. The first-order chi connectivity index (χ1) is 12.5. The Hall–Kier alpha value is -1.57. The lowest BCUT2D eigenvalue weighted by atomic mass is 10.0. The Morgan fingerprint density at radius 1 is 1.26 bits per heavy atom. The standard InChI is InChI=1S/C19H26F3NO3S/c1-3-4-5-11-27(25,26)13-18(24)23(17-9-10-17)14(2)15-7-6-8-16(12-15)19(20,21)22/h6-8,12,14,17H,3-5,9-11,13H2,1-2H3. The van der Waals surface area contributed by atoms with Crippen LogP contribution in [0, 0.1) is 0 Å². The highest BCUT2D eigenvalue weighted by molar-refractivity contribution is 7.92. The van der Waals surface area contributed by atoms with Crippen LogP contribution in [0.25, 0.3) is 0 Å². The third-order valence-corrected chi connectivity index (χ3v) is 6.34. The minimum atomic E-state index is -4.47. The van der Waals surface area contributed by atoms with Gasteiger partial charge in [0, 0.05) is 6.04 Å². The lowest BCUT2D eigenvalue weighted by Crippen LogP contribution is -2.39. The van der Waals surface area contributed by atoms with E-state index >= 15 is 0 Å². The van der Waals surface area contributed by atoms with Crippen LogP contribution in [0.2, 0.25) is 0 Å². The zero-order chi connectivity index (χ0) is 20.2. The lowest BCUT2D eigenvalue weighted by Gasteiger charge is -2.30. The van der Waals surface area contributed by atoms with Gasteiger partial charge in [-0.2, -0.15) is 13.2 Å². The zero-order valence-corrected chi connectivity index (χ0v) is 16.4. The molecule has 0 N–H and O–H groups in total. The second-order valence-corrected chi connectivity index (χ2v) is 9.31. The Labute approximate surface area is 158 Å². The molecule has 1 aromatic rings. The van der Waals surface area contributed by atoms with Crippen LogP contribution in [-0.2, 0) is 20.8 Å². The van der Waals surface area contributed by atoms with E-state index in [2.05, 4.69) is 0 Å². The Kier molecular flexibility index (Phi) is 6.94. The molecule has 0 radical (unpaired) electrons. The first kappa shape index (κ1) is 21.7. The average Bonchev–Trinajstić information content (AvgIpc) is 3.38. The van der Waals surface area contributed by atoms with Crippen LogP contribution >= 0.6 is 0 Å². The number of carbonyl (C=O) groups excluding carboxylic acids is 1. The minimum Gasteiger partial charge on any atom is -0.332 e. The first-order valence-corrected chi connectivity index (χ1v) is 11.1. The average molecular weight is 405 g/mol. The molecule has 1 aliphatic carbocycles. The molecule has 1 unspecified atom stereocenters. The van der Waals surface area contributed by atoms with E-state index in [0.29, 0.717) is 12.0 Å². The van der Waals surface area contributed by atoms with Crippen LogP contribution < -0.4 is 0 Å². The van der Waals surface area contributed by atoms with Crippen molar-refractivity contribution in [1.29, 1.82) is 0 Å². The molecule has 0 spiro atoms. The number of benzene rings is 1. The molecule has 0 saturated heterocycles. The predicted molar refractivity (Wildman–Crippen MR) is 97.9 cm³/mol. The smallest absolute Gasteiger partial charge is 0.332 e. The number of hydrogen-bond acceptors (Lipinski definition) is 3. The van der Waals surface area contributed by atoms with Crippen LogP contribution in [0.1, 0.15) is 63.1 Å². The number of nitrogens with zero attached hydrogens (tertiary/aromatic N) is 1. The van der Waals surface area contributed by atoms with Crippen molar-refractivity contribution in [2.45, 2.75) is 64.2 Å². The van der Waals surface area contributed by atoms with E-state index in [1.807, 2.05) is 6.92 Å². The molecular weight excluding hydrogens is 379 g/mol. The Bertz CT molecular complexity index is 758. The molecular formula is C19H26F3NO3S. The van der Waals surface area contributed by atoms with Gasteiger partial charge >= 0.3 is 6.18 Å². The number of halogens is 3. The van der Waals surface area contributed by atoms with Crippen LogP contribution in [0.15, 0.2) is 24.3 Å². The van der Waals surface area contributed by atoms with E-state index < -0.39 is 39.3 Å². The van der Waals surface area contributed by atoms with E-state index in [1.54, 1.807) is 6.92 Å². The molecule has 4 nitrogen and oxygen atoms in total. The summed E-state index contributed by atoms with van der Waals surface area (Å²) in [5.74, 6) is -1.15. The fourth-order valence-electron chi connectivity index (χ4n) is 3.13. The van der Waals surface area contributed by atoms with Crippen molar-refractivity contribution in [3.8, 4) is 0 Å². The van der Waals surface area contributed by atoms with Crippen LogP contribution in [0.3, 0.4) is 0 Å². The molecule has 1 saturated carbocycles. The van der Waals surface area contributed by atoms with Gasteiger partial charge in [0.05, 0.1) is 17.4 Å². The second kappa shape index (κ2) is 8.63. The summed E-state index contributed by atoms with van der Waals surface area (Å²) in [5.41, 5.74) is -0.421. The summed E-state index contributed by atoms with van der Waals surface area (Å²) in [7, 11) is -3.52. The Balaban J connectivity index is 2.16. The summed E-state index contributed by atoms with van der Waals surface area (Å²) in [6, 6.07) is 4.15. The van der Waals surface area contributed by atoms with Crippen molar-refractivity contribution in [3.05, 3.63) is 35.4 Å². The Morgan fingerprint density at radius 2 is 1.93 bits per heavy atom. The highest BCUT2D eigenvalue weighted by atomic mass is 32.2. The van der Waals surface area contributed by atoms with Gasteiger partial charge in [-0.25, -0.2) is 8.42 Å². The van der Waals surface area contributed by atoms with Crippen molar-refractivity contribution in [2.75, 3.05) is 11.5 Å². The molecule has 0 bridgehead atoms. The van der Waals surface area contributed by atoms with Crippen LogP contribution in [-0.4, -0.2) is 36.8 Å². The minimum absolute atomic E-state index is 0.0387. The maximum Gasteiger partial charge on any atom is 0.416 e. The summed E-state index contributed by atoms with van der Waals surface area (Å²) >= 11 is 0. The molecule has 0 heterocycles. The number of rotatable bonds is 9. The van der Waals surface area contributed by atoms with Gasteiger partial charge in [0.2, 0.25) is 5.91 Å². The lowest BCUT2D eigenvalue weighted by molar-refractivity contribution is -0.137. The normalized spacial score (nSPS) is 16.2. The molecule has 8 heteroatoms. The second-order valence-electron chi connectivity index (χ2n) is 7.13. The number of hydrogen-bond donors (Lipinski definition) is 0. The molecule has 0 aromatic heterocycles. The fourth-order valence-corrected chi connectivity index (χ4v) is 4.44. The van der Waals surface area contributed by atoms with Gasteiger partial charge < -0.3 is 4.90 Å². The van der Waals surface area contributed by atoms with Crippen molar-refractivity contribution >= 4 is 15.7 Å². The SMILES string of the molecule is CCCCCS(=O)(=O)CC(=O)N(C1CC1)C(C)c1cccc(C(F)(F)F)c1. The van der Waals surface area contributed by atoms with Gasteiger partial charge in [0.25, 0.3) is 0 Å². The summed E-state index contributed by atoms with van der Waals surface area (Å²) in [6.07, 6.45) is -0.814. The van der Waals surface area contributed by atoms with Crippen LogP contribution in [0.4, 0.5) is 13.2 Å². The molecule has 1 amide bonds. The van der Waals surface area contributed by atoms with E-state index in [0.717, 1.165) is 37.8 Å². The van der Waals surface area contributed by atoms with Gasteiger partial charge in [-0.3, -0.25) is 4.79 Å². The molecule has 1 aromatic carbocycles. The van der Waals surface area contributed by atoms with Gasteiger partial charge in [-0.15, -0.1) is 0 Å². The van der Waals surface area contributed by atoms with E-state index in [1.165, 1.54) is 17.0 Å². The maximum absolute atomic E-state index is 13.0. The summed E-state index contributed by atoms with van der Waals surface area (Å²) < 4.78 is 63.3. The molecule has 1 aliphatic rings. The van der Waals surface area contributed by atoms with E-state index in [9.17, 15) is 26.4 Å². The summed E-state index contributed by atoms with van der Waals surface area (Å²) in [6.45, 7) is 3.61. The predicted octanol–water partition coefficient (Wildman–Crippen LogP) is 4.36. The molecule has 2 rings (SSSR count). The van der Waals surface area contributed by atoms with E-state index in [4.69, 9.17) is 0 Å². The van der Waals surface area contributed by atoms with Gasteiger partial charge in [0.15, 0.2) is 9.84 Å².